The maximum absolute atomic E-state index is 12.2. The zero-order chi connectivity index (χ0) is 13.0. The largest absolute Gasteiger partial charge is 0.318 e. The van der Waals surface area contributed by atoms with Crippen molar-refractivity contribution in [2.45, 2.75) is 12.1 Å². The van der Waals surface area contributed by atoms with Crippen LogP contribution in [0.25, 0.3) is 0 Å². The van der Waals surface area contributed by atoms with E-state index in [-0.39, 0.29) is 5.78 Å². The number of rotatable bonds is 4. The lowest BCUT2D eigenvalue weighted by Crippen LogP contribution is -2.31. The Bertz CT molecular complexity index is 463. The summed E-state index contributed by atoms with van der Waals surface area (Å²) < 4.78 is 0. The quantitative estimate of drug-likeness (QED) is 0.858. The van der Waals surface area contributed by atoms with Crippen molar-refractivity contribution in [1.29, 1.82) is 0 Å². The number of hydrogen-bond acceptors (Lipinski definition) is 3. The van der Waals surface area contributed by atoms with Crippen LogP contribution in [0.4, 0.5) is 0 Å². The molecule has 2 atom stereocenters. The number of benzene rings is 2. The van der Waals surface area contributed by atoms with Gasteiger partial charge >= 0.3 is 0 Å². The van der Waals surface area contributed by atoms with E-state index < -0.39 is 12.1 Å². The van der Waals surface area contributed by atoms with Crippen LogP contribution in [0.3, 0.4) is 0 Å². The van der Waals surface area contributed by atoms with Crippen LogP contribution in [0.1, 0.15) is 23.2 Å². The summed E-state index contributed by atoms with van der Waals surface area (Å²) in [7, 11) is 0. The smallest absolute Gasteiger partial charge is 0.175 e. The molecule has 0 fully saturated rings. The van der Waals surface area contributed by atoms with E-state index in [1.807, 2.05) is 60.7 Å². The van der Waals surface area contributed by atoms with Crippen LogP contribution >= 0.6 is 0 Å². The second kappa shape index (κ2) is 5.58. The third kappa shape index (κ3) is 2.64. The van der Waals surface area contributed by atoms with E-state index in [0.29, 0.717) is 0 Å². The van der Waals surface area contributed by atoms with E-state index in [1.165, 1.54) is 0 Å². The van der Waals surface area contributed by atoms with E-state index in [9.17, 15) is 4.79 Å². The van der Waals surface area contributed by atoms with Crippen molar-refractivity contribution in [3.05, 3.63) is 71.8 Å². The summed E-state index contributed by atoms with van der Waals surface area (Å²) in [6.07, 6.45) is 0. The van der Waals surface area contributed by atoms with Gasteiger partial charge in [0.05, 0.1) is 12.1 Å². The molecule has 18 heavy (non-hydrogen) atoms. The summed E-state index contributed by atoms with van der Waals surface area (Å²) in [6.45, 7) is 0. The van der Waals surface area contributed by atoms with Gasteiger partial charge in [-0.25, -0.2) is 0 Å². The lowest BCUT2D eigenvalue weighted by atomic mass is 9.95. The van der Waals surface area contributed by atoms with Crippen molar-refractivity contribution in [1.82, 2.24) is 0 Å². The predicted molar refractivity (Wildman–Crippen MR) is 71.7 cm³/mol. The summed E-state index contributed by atoms with van der Waals surface area (Å²) in [6, 6.07) is 17.2. The molecule has 0 amide bonds. The number of ketones is 1. The molecule has 0 heterocycles. The average Bonchev–Trinajstić information content (AvgIpc) is 2.47. The molecule has 3 nitrogen and oxygen atoms in total. The van der Waals surface area contributed by atoms with E-state index in [2.05, 4.69) is 0 Å². The monoisotopic (exact) mass is 240 g/mol. The summed E-state index contributed by atoms with van der Waals surface area (Å²) >= 11 is 0. The number of carbonyl (C=O) groups excluding carboxylic acids is 1. The normalized spacial score (nSPS) is 13.9. The minimum absolute atomic E-state index is 0.174. The standard InChI is InChI=1S/C15H16N2O/c16-13(11-7-3-1-4-8-11)15(18)14(17)12-9-5-2-6-10-12/h1-10,13-14H,16-17H2. The first-order valence-electron chi connectivity index (χ1n) is 5.85. The first-order chi connectivity index (χ1) is 8.70. The molecule has 0 bridgehead atoms. The Balaban J connectivity index is 2.17. The first-order valence-corrected chi connectivity index (χ1v) is 5.85. The second-order valence-corrected chi connectivity index (χ2v) is 4.18. The van der Waals surface area contributed by atoms with Crippen LogP contribution < -0.4 is 11.5 Å². The number of Topliss-reactive ketones (excluding diaryl/α,β-unsaturated/α-hetero) is 1. The number of hydrogen-bond donors (Lipinski definition) is 2. The highest BCUT2D eigenvalue weighted by atomic mass is 16.1. The van der Waals surface area contributed by atoms with Gasteiger partial charge in [-0.05, 0) is 11.1 Å². The van der Waals surface area contributed by atoms with Gasteiger partial charge in [0.15, 0.2) is 5.78 Å². The Kier molecular flexibility index (Phi) is 3.87. The molecule has 2 rings (SSSR count). The molecule has 2 unspecified atom stereocenters. The van der Waals surface area contributed by atoms with Gasteiger partial charge in [0.2, 0.25) is 0 Å². The summed E-state index contributed by atoms with van der Waals surface area (Å²) in [5, 5.41) is 0. The van der Waals surface area contributed by atoms with Crippen LogP contribution in [-0.4, -0.2) is 5.78 Å². The zero-order valence-corrected chi connectivity index (χ0v) is 9.99. The highest BCUT2D eigenvalue weighted by molar-refractivity contribution is 5.90. The molecule has 0 saturated carbocycles. The molecular formula is C15H16N2O. The van der Waals surface area contributed by atoms with Crippen molar-refractivity contribution in [3.8, 4) is 0 Å². The van der Waals surface area contributed by atoms with Gasteiger partial charge in [-0.1, -0.05) is 60.7 Å². The Morgan fingerprint density at radius 3 is 1.39 bits per heavy atom. The van der Waals surface area contributed by atoms with E-state index in [1.54, 1.807) is 0 Å². The first kappa shape index (κ1) is 12.5. The van der Waals surface area contributed by atoms with Crippen molar-refractivity contribution in [3.63, 3.8) is 0 Å². The fourth-order valence-corrected chi connectivity index (χ4v) is 1.84. The third-order valence-corrected chi connectivity index (χ3v) is 2.93. The maximum atomic E-state index is 12.2. The topological polar surface area (TPSA) is 69.1 Å². The molecule has 0 radical (unpaired) electrons. The Morgan fingerprint density at radius 2 is 1.06 bits per heavy atom. The Labute approximate surface area is 106 Å². The predicted octanol–water partition coefficient (Wildman–Crippen LogP) is 1.96. The van der Waals surface area contributed by atoms with Gasteiger partial charge < -0.3 is 11.5 Å². The van der Waals surface area contributed by atoms with Crippen LogP contribution in [0.5, 0.6) is 0 Å². The van der Waals surface area contributed by atoms with Crippen LogP contribution in [-0.2, 0) is 4.79 Å². The van der Waals surface area contributed by atoms with Crippen molar-refractivity contribution < 1.29 is 4.79 Å². The molecule has 0 aliphatic carbocycles. The van der Waals surface area contributed by atoms with Gasteiger partial charge in [0.1, 0.15) is 0 Å². The van der Waals surface area contributed by atoms with Gasteiger partial charge in [-0.2, -0.15) is 0 Å². The van der Waals surface area contributed by atoms with Gasteiger partial charge in [-0.3, -0.25) is 4.79 Å². The lowest BCUT2D eigenvalue weighted by molar-refractivity contribution is -0.121. The molecule has 92 valence electrons. The van der Waals surface area contributed by atoms with Gasteiger partial charge in [0.25, 0.3) is 0 Å². The molecule has 0 aliphatic rings. The highest BCUT2D eigenvalue weighted by Gasteiger charge is 2.23. The lowest BCUT2D eigenvalue weighted by Gasteiger charge is -2.16. The number of nitrogens with two attached hydrogens (primary N) is 2. The minimum atomic E-state index is -0.679. The average molecular weight is 240 g/mol. The van der Waals surface area contributed by atoms with Crippen LogP contribution in [0.15, 0.2) is 60.7 Å². The minimum Gasteiger partial charge on any atom is -0.318 e. The Hall–Kier alpha value is -1.97. The van der Waals surface area contributed by atoms with Crippen molar-refractivity contribution in [2.75, 3.05) is 0 Å². The summed E-state index contributed by atoms with van der Waals surface area (Å²) in [5.41, 5.74) is 13.5. The molecule has 3 heteroatoms. The fourth-order valence-electron chi connectivity index (χ4n) is 1.84. The number of carbonyl (C=O) groups is 1. The summed E-state index contributed by atoms with van der Waals surface area (Å²) in [5.74, 6) is -0.174. The molecule has 4 N–H and O–H groups in total. The molecule has 2 aromatic carbocycles. The second-order valence-electron chi connectivity index (χ2n) is 4.18. The molecule has 2 aromatic rings. The molecule has 0 aliphatic heterocycles. The van der Waals surface area contributed by atoms with E-state index >= 15 is 0 Å². The van der Waals surface area contributed by atoms with Gasteiger partial charge in [-0.15, -0.1) is 0 Å². The third-order valence-electron chi connectivity index (χ3n) is 2.93. The van der Waals surface area contributed by atoms with E-state index in [0.717, 1.165) is 11.1 Å². The highest BCUT2D eigenvalue weighted by Crippen LogP contribution is 2.19. The molecule has 0 saturated heterocycles. The molecule has 0 aromatic heterocycles. The van der Waals surface area contributed by atoms with E-state index in [4.69, 9.17) is 11.5 Å². The summed E-state index contributed by atoms with van der Waals surface area (Å²) in [4.78, 5) is 12.2. The van der Waals surface area contributed by atoms with Crippen LogP contribution in [0.2, 0.25) is 0 Å². The maximum Gasteiger partial charge on any atom is 0.175 e. The van der Waals surface area contributed by atoms with Gasteiger partial charge in [0, 0.05) is 0 Å². The fraction of sp³-hybridized carbons (Fsp3) is 0.133. The Morgan fingerprint density at radius 1 is 0.722 bits per heavy atom. The van der Waals surface area contributed by atoms with Crippen molar-refractivity contribution in [2.24, 2.45) is 11.5 Å². The molecular weight excluding hydrogens is 224 g/mol. The molecule has 0 spiro atoms. The SMILES string of the molecule is NC(C(=O)C(N)c1ccccc1)c1ccccc1. The van der Waals surface area contributed by atoms with Crippen LogP contribution in [0, 0.1) is 0 Å². The van der Waals surface area contributed by atoms with Crippen molar-refractivity contribution >= 4 is 5.78 Å². The zero-order valence-electron chi connectivity index (χ0n) is 9.99.